The minimum atomic E-state index is 0.980. The first-order valence-corrected chi connectivity index (χ1v) is 9.47. The molecule has 0 heterocycles. The van der Waals surface area contributed by atoms with Gasteiger partial charge >= 0.3 is 0 Å². The smallest absolute Gasteiger partial charge is 0.0409 e. The van der Waals surface area contributed by atoms with Gasteiger partial charge in [-0.1, -0.05) is 73.6 Å². The summed E-state index contributed by atoms with van der Waals surface area (Å²) in [4.78, 5) is 0. The van der Waals surface area contributed by atoms with E-state index in [0.29, 0.717) is 0 Å². The van der Waals surface area contributed by atoms with E-state index in [1.165, 1.54) is 44.9 Å². The largest absolute Gasteiger partial charge is 0.0656 e. The van der Waals surface area contributed by atoms with E-state index in [4.69, 9.17) is 0 Å². The van der Waals surface area contributed by atoms with Crippen molar-refractivity contribution in [3.8, 4) is 0 Å². The summed E-state index contributed by atoms with van der Waals surface area (Å²) in [5.74, 6) is 6.05. The molecule has 2 aliphatic rings. The molecule has 0 N–H and O–H groups in total. The van der Waals surface area contributed by atoms with Crippen molar-refractivity contribution in [1.82, 2.24) is 0 Å². The average Bonchev–Trinajstić information content (AvgIpc) is 2.39. The molecule has 0 heteroatoms. The highest BCUT2D eigenvalue weighted by atomic mass is 14.4. The Kier molecular flexibility index (Phi) is 8.22. The third kappa shape index (κ3) is 5.78. The van der Waals surface area contributed by atoms with E-state index in [-0.39, 0.29) is 0 Å². The van der Waals surface area contributed by atoms with Crippen molar-refractivity contribution >= 4 is 0 Å². The zero-order valence-electron chi connectivity index (χ0n) is 15.1. The number of hydrogen-bond acceptors (Lipinski definition) is 0. The van der Waals surface area contributed by atoms with Gasteiger partial charge in [0.15, 0.2) is 0 Å². The molecule has 0 radical (unpaired) electrons. The monoisotopic (exact) mass is 280 g/mol. The van der Waals surface area contributed by atoms with Gasteiger partial charge in [0.2, 0.25) is 0 Å². The number of rotatable bonds is 2. The fraction of sp³-hybridized carbons (Fsp3) is 1.00. The minimum Gasteiger partial charge on any atom is -0.0656 e. The molecule has 2 saturated carbocycles. The fourth-order valence-corrected chi connectivity index (χ4v) is 4.22. The zero-order chi connectivity index (χ0) is 15.1. The summed E-state index contributed by atoms with van der Waals surface area (Å²) in [7, 11) is 0. The van der Waals surface area contributed by atoms with Crippen molar-refractivity contribution in [2.75, 3.05) is 0 Å². The van der Waals surface area contributed by atoms with Crippen LogP contribution in [-0.4, -0.2) is 0 Å². The molecule has 6 unspecified atom stereocenters. The highest BCUT2D eigenvalue weighted by Crippen LogP contribution is 2.41. The second-order valence-corrected chi connectivity index (χ2v) is 8.21. The summed E-state index contributed by atoms with van der Waals surface area (Å²) >= 11 is 0. The Hall–Kier alpha value is 0. The lowest BCUT2D eigenvalue weighted by molar-refractivity contribution is 0.139. The molecule has 2 aliphatic carbocycles. The molecular weight excluding hydrogens is 240 g/mol. The van der Waals surface area contributed by atoms with Crippen LogP contribution in [-0.2, 0) is 0 Å². The normalized spacial score (nSPS) is 41.7. The van der Waals surface area contributed by atoms with Gasteiger partial charge in [0, 0.05) is 0 Å². The molecular formula is C20H40. The molecule has 0 aromatic rings. The van der Waals surface area contributed by atoms with Crippen LogP contribution in [0.25, 0.3) is 0 Å². The highest BCUT2D eigenvalue weighted by Gasteiger charge is 2.30. The van der Waals surface area contributed by atoms with Gasteiger partial charge in [-0.2, -0.15) is 0 Å². The summed E-state index contributed by atoms with van der Waals surface area (Å²) in [6, 6.07) is 0. The van der Waals surface area contributed by atoms with Gasteiger partial charge < -0.3 is 0 Å². The van der Waals surface area contributed by atoms with Crippen LogP contribution < -0.4 is 0 Å². The van der Waals surface area contributed by atoms with E-state index in [2.05, 4.69) is 41.5 Å². The van der Waals surface area contributed by atoms with Crippen LogP contribution in [0.1, 0.15) is 92.9 Å². The van der Waals surface area contributed by atoms with E-state index in [1.807, 2.05) is 0 Å². The van der Waals surface area contributed by atoms with E-state index >= 15 is 0 Å². The van der Waals surface area contributed by atoms with Gasteiger partial charge in [0.05, 0.1) is 0 Å². The van der Waals surface area contributed by atoms with Gasteiger partial charge in [-0.15, -0.1) is 0 Å². The van der Waals surface area contributed by atoms with Crippen LogP contribution in [0.3, 0.4) is 0 Å². The van der Waals surface area contributed by atoms with Crippen LogP contribution in [0, 0.1) is 35.5 Å². The second kappa shape index (κ2) is 9.11. The maximum absolute atomic E-state index is 2.47. The summed E-state index contributed by atoms with van der Waals surface area (Å²) in [5, 5.41) is 0. The van der Waals surface area contributed by atoms with E-state index in [9.17, 15) is 0 Å². The molecule has 0 saturated heterocycles. The van der Waals surface area contributed by atoms with Crippen molar-refractivity contribution in [3.05, 3.63) is 0 Å². The predicted molar refractivity (Wildman–Crippen MR) is 91.9 cm³/mol. The maximum Gasteiger partial charge on any atom is -0.0409 e. The van der Waals surface area contributed by atoms with Gasteiger partial charge in [-0.3, -0.25) is 0 Å². The summed E-state index contributed by atoms with van der Waals surface area (Å²) < 4.78 is 0. The SMILES string of the molecule is CC1CCC(CC2CCC(C)C(C)C2)CC1C.CCC. The highest BCUT2D eigenvalue weighted by molar-refractivity contribution is 4.81. The van der Waals surface area contributed by atoms with Crippen LogP contribution >= 0.6 is 0 Å². The molecule has 6 atom stereocenters. The van der Waals surface area contributed by atoms with Gasteiger partial charge in [0.25, 0.3) is 0 Å². The topological polar surface area (TPSA) is 0 Å². The number of hydrogen-bond donors (Lipinski definition) is 0. The molecule has 0 amide bonds. The van der Waals surface area contributed by atoms with Crippen LogP contribution in [0.5, 0.6) is 0 Å². The first kappa shape index (κ1) is 18.1. The Bertz CT molecular complexity index is 220. The average molecular weight is 281 g/mol. The van der Waals surface area contributed by atoms with Crippen molar-refractivity contribution in [3.63, 3.8) is 0 Å². The lowest BCUT2D eigenvalue weighted by atomic mass is 9.68. The molecule has 0 nitrogen and oxygen atoms in total. The van der Waals surface area contributed by atoms with Crippen LogP contribution in [0.2, 0.25) is 0 Å². The first-order chi connectivity index (χ1) is 9.47. The zero-order valence-corrected chi connectivity index (χ0v) is 15.1. The first-order valence-electron chi connectivity index (χ1n) is 9.47. The van der Waals surface area contributed by atoms with Crippen LogP contribution in [0.4, 0.5) is 0 Å². The van der Waals surface area contributed by atoms with Gasteiger partial charge in [-0.05, 0) is 54.8 Å². The lowest BCUT2D eigenvalue weighted by Crippen LogP contribution is -2.26. The van der Waals surface area contributed by atoms with Crippen molar-refractivity contribution in [2.45, 2.75) is 92.9 Å². The molecule has 0 spiro atoms. The Morgan fingerprint density at radius 1 is 0.600 bits per heavy atom. The summed E-state index contributed by atoms with van der Waals surface area (Å²) in [6.07, 6.45) is 11.9. The predicted octanol–water partition coefficient (Wildman–Crippen LogP) is 6.94. The second-order valence-electron chi connectivity index (χ2n) is 8.21. The Labute approximate surface area is 129 Å². The minimum absolute atomic E-state index is 0.980. The Morgan fingerprint density at radius 3 is 1.25 bits per heavy atom. The fourth-order valence-electron chi connectivity index (χ4n) is 4.22. The van der Waals surface area contributed by atoms with Crippen molar-refractivity contribution < 1.29 is 0 Å². The van der Waals surface area contributed by atoms with E-state index in [0.717, 1.165) is 35.5 Å². The molecule has 2 rings (SSSR count). The summed E-state index contributed by atoms with van der Waals surface area (Å²) in [5.41, 5.74) is 0. The molecule has 2 fully saturated rings. The van der Waals surface area contributed by atoms with E-state index in [1.54, 1.807) is 6.42 Å². The molecule has 0 aromatic carbocycles. The third-order valence-electron chi connectivity index (χ3n) is 6.08. The van der Waals surface area contributed by atoms with Crippen LogP contribution in [0.15, 0.2) is 0 Å². The molecule has 0 bridgehead atoms. The molecule has 0 aromatic heterocycles. The Morgan fingerprint density at radius 2 is 0.950 bits per heavy atom. The Balaban J connectivity index is 0.000000612. The summed E-state index contributed by atoms with van der Waals surface area (Å²) in [6.45, 7) is 14.1. The quantitative estimate of drug-likeness (QED) is 0.514. The third-order valence-corrected chi connectivity index (χ3v) is 6.08. The standard InChI is InChI=1S/C17H32.C3H8/c1-12-5-7-16(9-14(12)3)11-17-8-6-13(2)15(4)10-17;1-3-2/h12-17H,5-11H2,1-4H3;3H2,1-2H3. The van der Waals surface area contributed by atoms with Gasteiger partial charge in [-0.25, -0.2) is 0 Å². The lowest BCUT2D eigenvalue weighted by Gasteiger charge is -2.37. The molecule has 0 aliphatic heterocycles. The van der Waals surface area contributed by atoms with Gasteiger partial charge in [0.1, 0.15) is 0 Å². The van der Waals surface area contributed by atoms with Crippen molar-refractivity contribution in [2.24, 2.45) is 35.5 Å². The van der Waals surface area contributed by atoms with E-state index < -0.39 is 0 Å². The maximum atomic E-state index is 2.47. The van der Waals surface area contributed by atoms with Crippen molar-refractivity contribution in [1.29, 1.82) is 0 Å². The molecule has 20 heavy (non-hydrogen) atoms. The molecule has 120 valence electrons.